The maximum absolute atomic E-state index is 10.9. The lowest BCUT2D eigenvalue weighted by atomic mass is 9.71. The Hall–Kier alpha value is -0.820. The van der Waals surface area contributed by atoms with Crippen molar-refractivity contribution in [3.8, 4) is 0 Å². The van der Waals surface area contributed by atoms with Gasteiger partial charge in [-0.05, 0) is 61.6 Å². The summed E-state index contributed by atoms with van der Waals surface area (Å²) in [7, 11) is 0. The Morgan fingerprint density at radius 1 is 1.26 bits per heavy atom. The zero-order valence-corrected chi connectivity index (χ0v) is 12.9. The highest BCUT2D eigenvalue weighted by Gasteiger charge is 2.35. The van der Waals surface area contributed by atoms with Gasteiger partial charge >= 0.3 is 0 Å². The summed E-state index contributed by atoms with van der Waals surface area (Å²) in [5.41, 5.74) is 3.47. The summed E-state index contributed by atoms with van der Waals surface area (Å²) >= 11 is 0. The number of rotatable bonds is 3. The van der Waals surface area contributed by atoms with Crippen molar-refractivity contribution in [2.45, 2.75) is 65.4 Å². The molecule has 2 unspecified atom stereocenters. The lowest BCUT2D eigenvalue weighted by molar-refractivity contribution is -0.0239. The molecule has 2 rings (SSSR count). The van der Waals surface area contributed by atoms with Crippen LogP contribution in [0.25, 0.3) is 0 Å². The average molecular weight is 260 g/mol. The standard InChI is InChI=1S/C18H28O/c1-13(2)17-6-5-9-18(19,12-17)11-16-8-7-14(3)15(4)10-16/h7-8,10,13,17,19H,5-6,9,11-12H2,1-4H3. The first-order chi connectivity index (χ1) is 8.89. The fourth-order valence-corrected chi connectivity index (χ4v) is 3.41. The molecule has 0 amide bonds. The lowest BCUT2D eigenvalue weighted by Crippen LogP contribution is -2.38. The first kappa shape index (κ1) is 14.6. The van der Waals surface area contributed by atoms with E-state index < -0.39 is 5.60 Å². The van der Waals surface area contributed by atoms with Gasteiger partial charge in [-0.25, -0.2) is 0 Å². The molecule has 0 aromatic heterocycles. The molecule has 0 saturated heterocycles. The molecule has 1 saturated carbocycles. The summed E-state index contributed by atoms with van der Waals surface area (Å²) in [5, 5.41) is 10.9. The van der Waals surface area contributed by atoms with Gasteiger partial charge in [0.2, 0.25) is 0 Å². The Morgan fingerprint density at radius 3 is 2.63 bits per heavy atom. The maximum atomic E-state index is 10.9. The molecule has 0 bridgehead atoms. The topological polar surface area (TPSA) is 20.2 Å². The minimum atomic E-state index is -0.477. The highest BCUT2D eigenvalue weighted by molar-refractivity contribution is 5.30. The number of aliphatic hydroxyl groups is 1. The average Bonchev–Trinajstić information content (AvgIpc) is 2.33. The van der Waals surface area contributed by atoms with Crippen LogP contribution < -0.4 is 0 Å². The van der Waals surface area contributed by atoms with E-state index >= 15 is 0 Å². The minimum absolute atomic E-state index is 0.477. The zero-order valence-electron chi connectivity index (χ0n) is 12.9. The van der Waals surface area contributed by atoms with Crippen LogP contribution in [0.1, 0.15) is 56.2 Å². The molecule has 106 valence electrons. The van der Waals surface area contributed by atoms with Crippen molar-refractivity contribution < 1.29 is 5.11 Å². The third-order valence-electron chi connectivity index (χ3n) is 4.91. The molecule has 19 heavy (non-hydrogen) atoms. The van der Waals surface area contributed by atoms with Crippen molar-refractivity contribution in [3.63, 3.8) is 0 Å². The van der Waals surface area contributed by atoms with Crippen molar-refractivity contribution in [2.24, 2.45) is 11.8 Å². The molecule has 0 radical (unpaired) electrons. The Labute approximate surface area is 118 Å². The van der Waals surface area contributed by atoms with Crippen molar-refractivity contribution >= 4 is 0 Å². The number of benzene rings is 1. The van der Waals surface area contributed by atoms with Crippen LogP contribution in [0.5, 0.6) is 0 Å². The fraction of sp³-hybridized carbons (Fsp3) is 0.667. The van der Waals surface area contributed by atoms with E-state index in [1.54, 1.807) is 0 Å². The summed E-state index contributed by atoms with van der Waals surface area (Å²) in [6.45, 7) is 8.86. The largest absolute Gasteiger partial charge is 0.390 e. The molecule has 0 heterocycles. The molecule has 1 nitrogen and oxygen atoms in total. The summed E-state index contributed by atoms with van der Waals surface area (Å²) < 4.78 is 0. The summed E-state index contributed by atoms with van der Waals surface area (Å²) in [4.78, 5) is 0. The third-order valence-corrected chi connectivity index (χ3v) is 4.91. The van der Waals surface area contributed by atoms with E-state index in [-0.39, 0.29) is 0 Å². The molecular formula is C18H28O. The summed E-state index contributed by atoms with van der Waals surface area (Å²) in [6.07, 6.45) is 5.20. The molecule has 1 aliphatic carbocycles. The summed E-state index contributed by atoms with van der Waals surface area (Å²) in [5.74, 6) is 1.37. The highest BCUT2D eigenvalue weighted by atomic mass is 16.3. The van der Waals surface area contributed by atoms with E-state index in [1.165, 1.54) is 29.5 Å². The molecule has 0 aliphatic heterocycles. The minimum Gasteiger partial charge on any atom is -0.390 e. The van der Waals surface area contributed by atoms with Crippen LogP contribution in [-0.4, -0.2) is 10.7 Å². The Balaban J connectivity index is 2.09. The second-order valence-corrected chi connectivity index (χ2v) is 6.92. The molecular weight excluding hydrogens is 232 g/mol. The first-order valence-corrected chi connectivity index (χ1v) is 7.68. The lowest BCUT2D eigenvalue weighted by Gasteiger charge is -2.38. The molecule has 2 atom stereocenters. The molecule has 1 aromatic carbocycles. The Kier molecular flexibility index (Phi) is 4.35. The highest BCUT2D eigenvalue weighted by Crippen LogP contribution is 2.38. The van der Waals surface area contributed by atoms with Gasteiger partial charge in [-0.2, -0.15) is 0 Å². The van der Waals surface area contributed by atoms with Crippen LogP contribution in [0.3, 0.4) is 0 Å². The summed E-state index contributed by atoms with van der Waals surface area (Å²) in [6, 6.07) is 6.60. The van der Waals surface area contributed by atoms with Crippen LogP contribution in [-0.2, 0) is 6.42 Å². The van der Waals surface area contributed by atoms with Crippen LogP contribution in [0, 0.1) is 25.7 Å². The van der Waals surface area contributed by atoms with Crippen molar-refractivity contribution in [1.29, 1.82) is 0 Å². The fourth-order valence-electron chi connectivity index (χ4n) is 3.41. The molecule has 0 spiro atoms. The van der Waals surface area contributed by atoms with Gasteiger partial charge in [-0.3, -0.25) is 0 Å². The van der Waals surface area contributed by atoms with Gasteiger partial charge in [0.1, 0.15) is 0 Å². The van der Waals surface area contributed by atoms with Crippen LogP contribution in [0.15, 0.2) is 18.2 Å². The number of aryl methyl sites for hydroxylation is 2. The van der Waals surface area contributed by atoms with Gasteiger partial charge in [0.05, 0.1) is 5.60 Å². The monoisotopic (exact) mass is 260 g/mol. The van der Waals surface area contributed by atoms with Crippen molar-refractivity contribution in [2.75, 3.05) is 0 Å². The van der Waals surface area contributed by atoms with Gasteiger partial charge in [-0.15, -0.1) is 0 Å². The van der Waals surface area contributed by atoms with Gasteiger partial charge in [-0.1, -0.05) is 38.5 Å². The molecule has 1 N–H and O–H groups in total. The first-order valence-electron chi connectivity index (χ1n) is 7.68. The molecule has 1 fully saturated rings. The van der Waals surface area contributed by atoms with E-state index in [0.29, 0.717) is 11.8 Å². The second-order valence-electron chi connectivity index (χ2n) is 6.92. The van der Waals surface area contributed by atoms with Gasteiger partial charge in [0.25, 0.3) is 0 Å². The number of hydrogen-bond donors (Lipinski definition) is 1. The predicted molar refractivity (Wildman–Crippen MR) is 81.4 cm³/mol. The van der Waals surface area contributed by atoms with E-state index in [1.807, 2.05) is 0 Å². The van der Waals surface area contributed by atoms with Crippen LogP contribution in [0.2, 0.25) is 0 Å². The molecule has 1 aromatic rings. The maximum Gasteiger partial charge on any atom is 0.0690 e. The Bertz CT molecular complexity index is 435. The smallest absolute Gasteiger partial charge is 0.0690 e. The third kappa shape index (κ3) is 3.60. The van der Waals surface area contributed by atoms with E-state index in [2.05, 4.69) is 45.9 Å². The SMILES string of the molecule is Cc1ccc(CC2(O)CCCC(C(C)C)C2)cc1C. The van der Waals surface area contributed by atoms with Gasteiger partial charge in [0.15, 0.2) is 0 Å². The van der Waals surface area contributed by atoms with Crippen LogP contribution >= 0.6 is 0 Å². The Morgan fingerprint density at radius 2 is 2.00 bits per heavy atom. The van der Waals surface area contributed by atoms with Crippen LogP contribution in [0.4, 0.5) is 0 Å². The normalized spacial score (nSPS) is 27.8. The molecule has 1 heteroatoms. The van der Waals surface area contributed by atoms with Crippen molar-refractivity contribution in [1.82, 2.24) is 0 Å². The second kappa shape index (κ2) is 5.66. The quantitative estimate of drug-likeness (QED) is 0.852. The van der Waals surface area contributed by atoms with E-state index in [0.717, 1.165) is 19.3 Å². The van der Waals surface area contributed by atoms with Gasteiger partial charge in [0, 0.05) is 6.42 Å². The predicted octanol–water partition coefficient (Wildman–Crippen LogP) is 4.42. The van der Waals surface area contributed by atoms with Gasteiger partial charge < -0.3 is 5.11 Å². The van der Waals surface area contributed by atoms with Crippen molar-refractivity contribution in [3.05, 3.63) is 34.9 Å². The van der Waals surface area contributed by atoms with E-state index in [4.69, 9.17) is 0 Å². The molecule has 1 aliphatic rings. The zero-order chi connectivity index (χ0) is 14.0. The number of hydrogen-bond acceptors (Lipinski definition) is 1. The van der Waals surface area contributed by atoms with E-state index in [9.17, 15) is 5.11 Å².